The molecule has 1 aromatic heterocycles. The van der Waals surface area contributed by atoms with E-state index in [1.807, 2.05) is 31.2 Å². The third-order valence-electron chi connectivity index (χ3n) is 3.85. The number of aryl methyl sites for hydroxylation is 1. The molecule has 6 nitrogen and oxygen atoms in total. The summed E-state index contributed by atoms with van der Waals surface area (Å²) in [4.78, 5) is 18.3. The van der Waals surface area contributed by atoms with E-state index in [1.165, 1.54) is 0 Å². The van der Waals surface area contributed by atoms with Crippen molar-refractivity contribution in [1.82, 2.24) is 20.4 Å². The SMILES string of the molecule is Cc1cccc(-c2noc(CN(C)C(=O)C3CCCN3)n2)c1. The summed E-state index contributed by atoms with van der Waals surface area (Å²) in [5.41, 5.74) is 2.06. The fourth-order valence-corrected chi connectivity index (χ4v) is 2.66. The van der Waals surface area contributed by atoms with E-state index in [0.717, 1.165) is 30.5 Å². The zero-order valence-electron chi connectivity index (χ0n) is 12.9. The smallest absolute Gasteiger partial charge is 0.246 e. The van der Waals surface area contributed by atoms with Crippen molar-refractivity contribution in [3.8, 4) is 11.4 Å². The lowest BCUT2D eigenvalue weighted by Crippen LogP contribution is -2.41. The van der Waals surface area contributed by atoms with Gasteiger partial charge in [-0.25, -0.2) is 0 Å². The largest absolute Gasteiger partial charge is 0.337 e. The second-order valence-corrected chi connectivity index (χ2v) is 5.72. The number of likely N-dealkylation sites (N-methyl/N-ethyl adjacent to an activating group) is 1. The normalized spacial score (nSPS) is 17.6. The first-order valence-electron chi connectivity index (χ1n) is 7.51. The van der Waals surface area contributed by atoms with Gasteiger partial charge in [-0.2, -0.15) is 4.98 Å². The van der Waals surface area contributed by atoms with Crippen molar-refractivity contribution in [3.63, 3.8) is 0 Å². The van der Waals surface area contributed by atoms with Crippen LogP contribution in [0.3, 0.4) is 0 Å². The fourth-order valence-electron chi connectivity index (χ4n) is 2.66. The lowest BCUT2D eigenvalue weighted by molar-refractivity contribution is -0.132. The Labute approximate surface area is 129 Å². The summed E-state index contributed by atoms with van der Waals surface area (Å²) < 4.78 is 5.27. The highest BCUT2D eigenvalue weighted by atomic mass is 16.5. The van der Waals surface area contributed by atoms with Crippen molar-refractivity contribution >= 4 is 5.91 Å². The standard InChI is InChI=1S/C16H20N4O2/c1-11-5-3-6-12(9-11)15-18-14(22-19-15)10-20(2)16(21)13-7-4-8-17-13/h3,5-6,9,13,17H,4,7-8,10H2,1-2H3. The van der Waals surface area contributed by atoms with Gasteiger partial charge in [0, 0.05) is 12.6 Å². The minimum Gasteiger partial charge on any atom is -0.337 e. The summed E-state index contributed by atoms with van der Waals surface area (Å²) in [6.07, 6.45) is 1.93. The first kappa shape index (κ1) is 14.7. The highest BCUT2D eigenvalue weighted by Crippen LogP contribution is 2.17. The van der Waals surface area contributed by atoms with Crippen LogP contribution in [-0.2, 0) is 11.3 Å². The molecule has 6 heteroatoms. The van der Waals surface area contributed by atoms with E-state index in [0.29, 0.717) is 18.3 Å². The minimum absolute atomic E-state index is 0.0767. The number of benzene rings is 1. The Hall–Kier alpha value is -2.21. The quantitative estimate of drug-likeness (QED) is 0.931. The topological polar surface area (TPSA) is 71.3 Å². The molecule has 1 atom stereocenters. The van der Waals surface area contributed by atoms with Gasteiger partial charge in [0.05, 0.1) is 12.6 Å². The van der Waals surface area contributed by atoms with Gasteiger partial charge < -0.3 is 14.7 Å². The molecule has 2 aromatic rings. The molecule has 0 spiro atoms. The van der Waals surface area contributed by atoms with Crippen LogP contribution in [0, 0.1) is 6.92 Å². The molecule has 0 bridgehead atoms. The Balaban J connectivity index is 1.67. The first-order valence-corrected chi connectivity index (χ1v) is 7.51. The van der Waals surface area contributed by atoms with Crippen LogP contribution in [0.1, 0.15) is 24.3 Å². The van der Waals surface area contributed by atoms with Gasteiger partial charge in [0.2, 0.25) is 17.6 Å². The predicted molar refractivity (Wildman–Crippen MR) is 82.0 cm³/mol. The number of aromatic nitrogens is 2. The monoisotopic (exact) mass is 300 g/mol. The highest BCUT2D eigenvalue weighted by Gasteiger charge is 2.25. The molecule has 1 N–H and O–H groups in total. The molecule has 0 saturated carbocycles. The summed E-state index contributed by atoms with van der Waals surface area (Å²) in [6.45, 7) is 3.25. The molecule has 1 aliphatic rings. The number of hydrogen-bond acceptors (Lipinski definition) is 5. The molecule has 2 heterocycles. The van der Waals surface area contributed by atoms with Crippen molar-refractivity contribution < 1.29 is 9.32 Å². The number of hydrogen-bond donors (Lipinski definition) is 1. The molecule has 1 aliphatic heterocycles. The van der Waals surface area contributed by atoms with Gasteiger partial charge in [-0.1, -0.05) is 28.9 Å². The molecule has 1 fully saturated rings. The van der Waals surface area contributed by atoms with Crippen LogP contribution < -0.4 is 5.32 Å². The average molecular weight is 300 g/mol. The summed E-state index contributed by atoms with van der Waals surface area (Å²) in [6, 6.07) is 7.85. The fraction of sp³-hybridized carbons (Fsp3) is 0.438. The highest BCUT2D eigenvalue weighted by molar-refractivity contribution is 5.81. The lowest BCUT2D eigenvalue weighted by atomic mass is 10.1. The predicted octanol–water partition coefficient (Wildman–Crippen LogP) is 1.76. The Kier molecular flexibility index (Phi) is 4.20. The van der Waals surface area contributed by atoms with Crippen LogP contribution in [0.15, 0.2) is 28.8 Å². The van der Waals surface area contributed by atoms with Crippen molar-refractivity contribution in [2.75, 3.05) is 13.6 Å². The minimum atomic E-state index is -0.0795. The van der Waals surface area contributed by atoms with E-state index < -0.39 is 0 Å². The van der Waals surface area contributed by atoms with Gasteiger partial charge >= 0.3 is 0 Å². The maximum atomic E-state index is 12.2. The van der Waals surface area contributed by atoms with Crippen molar-refractivity contribution in [1.29, 1.82) is 0 Å². The summed E-state index contributed by atoms with van der Waals surface area (Å²) >= 11 is 0. The molecule has 1 unspecified atom stereocenters. The number of nitrogens with one attached hydrogen (secondary N) is 1. The Morgan fingerprint density at radius 3 is 3.09 bits per heavy atom. The van der Waals surface area contributed by atoms with Gasteiger partial charge in [0.25, 0.3) is 0 Å². The van der Waals surface area contributed by atoms with E-state index in [2.05, 4.69) is 15.5 Å². The van der Waals surface area contributed by atoms with Crippen LogP contribution >= 0.6 is 0 Å². The second kappa shape index (κ2) is 6.27. The third-order valence-corrected chi connectivity index (χ3v) is 3.85. The molecule has 1 amide bonds. The molecule has 0 radical (unpaired) electrons. The van der Waals surface area contributed by atoms with Gasteiger partial charge in [-0.3, -0.25) is 4.79 Å². The molecule has 116 valence electrons. The number of rotatable bonds is 4. The lowest BCUT2D eigenvalue weighted by Gasteiger charge is -2.19. The van der Waals surface area contributed by atoms with Crippen LogP contribution in [0.25, 0.3) is 11.4 Å². The van der Waals surface area contributed by atoms with Crippen molar-refractivity contribution in [2.45, 2.75) is 32.4 Å². The van der Waals surface area contributed by atoms with Gasteiger partial charge in [0.1, 0.15) is 0 Å². The molecule has 3 rings (SSSR count). The second-order valence-electron chi connectivity index (χ2n) is 5.72. The van der Waals surface area contributed by atoms with E-state index >= 15 is 0 Å². The third kappa shape index (κ3) is 3.17. The van der Waals surface area contributed by atoms with Gasteiger partial charge in [-0.05, 0) is 32.4 Å². The zero-order chi connectivity index (χ0) is 15.5. The molecular formula is C16H20N4O2. The van der Waals surface area contributed by atoms with Crippen molar-refractivity contribution in [2.24, 2.45) is 0 Å². The van der Waals surface area contributed by atoms with Gasteiger partial charge in [-0.15, -0.1) is 0 Å². The van der Waals surface area contributed by atoms with Crippen LogP contribution in [0.4, 0.5) is 0 Å². The first-order chi connectivity index (χ1) is 10.6. The summed E-state index contributed by atoms with van der Waals surface area (Å²) in [5.74, 6) is 1.08. The molecule has 1 saturated heterocycles. The number of amides is 1. The van der Waals surface area contributed by atoms with Crippen molar-refractivity contribution in [3.05, 3.63) is 35.7 Å². The maximum absolute atomic E-state index is 12.2. The Morgan fingerprint density at radius 2 is 2.36 bits per heavy atom. The Bertz CT molecular complexity index is 662. The summed E-state index contributed by atoms with van der Waals surface area (Å²) in [7, 11) is 1.76. The molecule has 0 aliphatic carbocycles. The molecule has 22 heavy (non-hydrogen) atoms. The zero-order valence-corrected chi connectivity index (χ0v) is 12.9. The van der Waals surface area contributed by atoms with E-state index in [4.69, 9.17) is 4.52 Å². The van der Waals surface area contributed by atoms with E-state index in [1.54, 1.807) is 11.9 Å². The van der Waals surface area contributed by atoms with Crippen LogP contribution in [0.5, 0.6) is 0 Å². The van der Waals surface area contributed by atoms with Crippen LogP contribution in [-0.4, -0.2) is 40.6 Å². The number of carbonyl (C=O) groups is 1. The van der Waals surface area contributed by atoms with E-state index in [9.17, 15) is 4.79 Å². The average Bonchev–Trinajstić information content (AvgIpc) is 3.18. The maximum Gasteiger partial charge on any atom is 0.246 e. The summed E-state index contributed by atoms with van der Waals surface area (Å²) in [5, 5.41) is 7.20. The van der Waals surface area contributed by atoms with Gasteiger partial charge in [0.15, 0.2) is 0 Å². The van der Waals surface area contributed by atoms with Crippen LogP contribution in [0.2, 0.25) is 0 Å². The number of carbonyl (C=O) groups excluding carboxylic acids is 1. The Morgan fingerprint density at radius 1 is 1.50 bits per heavy atom. The van der Waals surface area contributed by atoms with E-state index in [-0.39, 0.29) is 11.9 Å². The number of nitrogens with zero attached hydrogens (tertiary/aromatic N) is 3. The molecule has 1 aromatic carbocycles. The molecular weight excluding hydrogens is 280 g/mol.